The third kappa shape index (κ3) is 3.88. The molecule has 0 aliphatic heterocycles. The molecule has 0 saturated heterocycles. The molecule has 0 fully saturated rings. The van der Waals surface area contributed by atoms with Gasteiger partial charge in [0.2, 0.25) is 5.89 Å². The topological polar surface area (TPSA) is 51.0 Å². The molecular weight excluding hydrogens is 269 g/mol. The predicted octanol–water partition coefficient (Wildman–Crippen LogP) is 3.15. The second-order valence-electron chi connectivity index (χ2n) is 5.70. The van der Waals surface area contributed by atoms with Crippen LogP contribution in [-0.2, 0) is 6.42 Å². The Labute approximate surface area is 124 Å². The Hall–Kier alpha value is -1.75. The Kier molecular flexibility index (Phi) is 5.07. The fourth-order valence-electron chi connectivity index (χ4n) is 2.56. The lowest BCUT2D eigenvalue weighted by Crippen LogP contribution is -2.32. The van der Waals surface area contributed by atoms with Gasteiger partial charge in [-0.25, -0.2) is 4.39 Å². The van der Waals surface area contributed by atoms with E-state index in [9.17, 15) is 4.39 Å². The van der Waals surface area contributed by atoms with Gasteiger partial charge in [0.25, 0.3) is 0 Å². The molecule has 21 heavy (non-hydrogen) atoms. The van der Waals surface area contributed by atoms with Crippen LogP contribution in [0.4, 0.5) is 4.39 Å². The molecule has 4 nitrogen and oxygen atoms in total. The molecule has 2 atom stereocenters. The van der Waals surface area contributed by atoms with Crippen molar-refractivity contribution in [2.75, 3.05) is 7.05 Å². The van der Waals surface area contributed by atoms with Crippen molar-refractivity contribution in [1.82, 2.24) is 15.5 Å². The number of halogens is 1. The number of rotatable bonds is 6. The van der Waals surface area contributed by atoms with Crippen LogP contribution >= 0.6 is 0 Å². The second-order valence-corrected chi connectivity index (χ2v) is 5.70. The fourth-order valence-corrected chi connectivity index (χ4v) is 2.56. The molecule has 114 valence electrons. The highest BCUT2D eigenvalue weighted by atomic mass is 19.1. The van der Waals surface area contributed by atoms with Crippen molar-refractivity contribution in [3.05, 3.63) is 47.4 Å². The molecule has 0 spiro atoms. The average Bonchev–Trinajstić information content (AvgIpc) is 2.86. The van der Waals surface area contributed by atoms with Crippen LogP contribution in [0, 0.1) is 11.7 Å². The zero-order valence-corrected chi connectivity index (χ0v) is 12.9. The van der Waals surface area contributed by atoms with Gasteiger partial charge in [0, 0.05) is 12.5 Å². The van der Waals surface area contributed by atoms with Crippen molar-refractivity contribution < 1.29 is 8.91 Å². The lowest BCUT2D eigenvalue weighted by atomic mass is 9.89. The number of aromatic nitrogens is 2. The summed E-state index contributed by atoms with van der Waals surface area (Å²) >= 11 is 0. The van der Waals surface area contributed by atoms with Gasteiger partial charge >= 0.3 is 0 Å². The van der Waals surface area contributed by atoms with Gasteiger partial charge in [-0.05, 0) is 37.6 Å². The van der Waals surface area contributed by atoms with Crippen LogP contribution in [0.25, 0.3) is 0 Å². The minimum absolute atomic E-state index is 0.156. The maximum absolute atomic E-state index is 13.2. The molecule has 0 aliphatic rings. The van der Waals surface area contributed by atoms with E-state index in [1.54, 1.807) is 6.07 Å². The average molecular weight is 291 g/mol. The highest BCUT2D eigenvalue weighted by Crippen LogP contribution is 2.26. The summed E-state index contributed by atoms with van der Waals surface area (Å²) in [5.41, 5.74) is 0.838. The molecule has 1 aromatic carbocycles. The van der Waals surface area contributed by atoms with Gasteiger partial charge in [0.1, 0.15) is 5.82 Å². The maximum Gasteiger partial charge on any atom is 0.231 e. The van der Waals surface area contributed by atoms with Crippen LogP contribution in [0.2, 0.25) is 0 Å². The van der Waals surface area contributed by atoms with E-state index in [0.717, 1.165) is 5.56 Å². The molecule has 0 amide bonds. The summed E-state index contributed by atoms with van der Waals surface area (Å²) in [5.74, 6) is 1.52. The Morgan fingerprint density at radius 1 is 1.29 bits per heavy atom. The molecule has 2 aromatic rings. The number of hydrogen-bond donors (Lipinski definition) is 1. The maximum atomic E-state index is 13.2. The van der Waals surface area contributed by atoms with Gasteiger partial charge < -0.3 is 9.84 Å². The van der Waals surface area contributed by atoms with E-state index in [1.807, 2.05) is 13.1 Å². The van der Waals surface area contributed by atoms with E-state index in [2.05, 4.69) is 36.2 Å². The van der Waals surface area contributed by atoms with Gasteiger partial charge in [-0.15, -0.1) is 0 Å². The van der Waals surface area contributed by atoms with Crippen molar-refractivity contribution in [1.29, 1.82) is 0 Å². The van der Waals surface area contributed by atoms with Crippen molar-refractivity contribution in [3.8, 4) is 0 Å². The van der Waals surface area contributed by atoms with E-state index in [0.29, 0.717) is 24.1 Å². The Morgan fingerprint density at radius 2 is 2.05 bits per heavy atom. The quantitative estimate of drug-likeness (QED) is 0.888. The first-order valence-electron chi connectivity index (χ1n) is 7.25. The van der Waals surface area contributed by atoms with Crippen molar-refractivity contribution >= 4 is 0 Å². The molecule has 1 heterocycles. The van der Waals surface area contributed by atoms with Crippen LogP contribution in [-0.4, -0.2) is 23.2 Å². The van der Waals surface area contributed by atoms with Crippen LogP contribution in [0.3, 0.4) is 0 Å². The summed E-state index contributed by atoms with van der Waals surface area (Å²) in [4.78, 5) is 4.49. The summed E-state index contributed by atoms with van der Waals surface area (Å²) < 4.78 is 18.6. The van der Waals surface area contributed by atoms with E-state index in [1.165, 1.54) is 12.1 Å². The Morgan fingerprint density at radius 3 is 2.67 bits per heavy atom. The molecule has 2 rings (SSSR count). The zero-order chi connectivity index (χ0) is 15.4. The van der Waals surface area contributed by atoms with E-state index >= 15 is 0 Å². The van der Waals surface area contributed by atoms with Crippen LogP contribution in [0.5, 0.6) is 0 Å². The molecule has 5 heteroatoms. The number of benzene rings is 1. The first-order valence-corrected chi connectivity index (χ1v) is 7.25. The number of likely N-dealkylation sites (N-methyl/N-ethyl adjacent to an activating group) is 1. The SMILES string of the molecule is CNC(C)C(c1nc(Cc2cccc(F)c2)no1)C(C)C. The minimum atomic E-state index is -0.250. The monoisotopic (exact) mass is 291 g/mol. The summed E-state index contributed by atoms with van der Waals surface area (Å²) in [5, 5.41) is 7.26. The lowest BCUT2D eigenvalue weighted by molar-refractivity contribution is 0.285. The molecule has 1 N–H and O–H groups in total. The van der Waals surface area contributed by atoms with Crippen molar-refractivity contribution in [2.24, 2.45) is 5.92 Å². The van der Waals surface area contributed by atoms with E-state index < -0.39 is 0 Å². The van der Waals surface area contributed by atoms with E-state index in [4.69, 9.17) is 4.52 Å². The van der Waals surface area contributed by atoms with Gasteiger partial charge in [0.05, 0.1) is 5.92 Å². The third-order valence-electron chi connectivity index (χ3n) is 3.73. The zero-order valence-electron chi connectivity index (χ0n) is 12.9. The predicted molar refractivity (Wildman–Crippen MR) is 79.6 cm³/mol. The second kappa shape index (κ2) is 6.80. The fraction of sp³-hybridized carbons (Fsp3) is 0.500. The van der Waals surface area contributed by atoms with Crippen LogP contribution in [0.1, 0.15) is 44.0 Å². The first-order chi connectivity index (χ1) is 10.0. The van der Waals surface area contributed by atoms with Gasteiger partial charge in [-0.2, -0.15) is 4.98 Å². The first kappa shape index (κ1) is 15.6. The molecule has 0 aliphatic carbocycles. The molecule has 0 radical (unpaired) electrons. The number of nitrogens with one attached hydrogen (secondary N) is 1. The van der Waals surface area contributed by atoms with Gasteiger partial charge in [-0.1, -0.05) is 31.1 Å². The molecular formula is C16H22FN3O. The van der Waals surface area contributed by atoms with Crippen LogP contribution < -0.4 is 5.32 Å². The van der Waals surface area contributed by atoms with Gasteiger partial charge in [0.15, 0.2) is 5.82 Å². The van der Waals surface area contributed by atoms with Crippen molar-refractivity contribution in [3.63, 3.8) is 0 Å². The van der Waals surface area contributed by atoms with E-state index in [-0.39, 0.29) is 17.8 Å². The molecule has 0 saturated carbocycles. The normalized spacial score (nSPS) is 14.4. The lowest BCUT2D eigenvalue weighted by Gasteiger charge is -2.23. The Bertz CT molecular complexity index is 582. The number of hydrogen-bond acceptors (Lipinski definition) is 4. The third-order valence-corrected chi connectivity index (χ3v) is 3.73. The van der Waals surface area contributed by atoms with Gasteiger partial charge in [-0.3, -0.25) is 0 Å². The highest BCUT2D eigenvalue weighted by molar-refractivity contribution is 5.20. The smallest absolute Gasteiger partial charge is 0.231 e. The summed E-state index contributed by atoms with van der Waals surface area (Å²) in [6, 6.07) is 6.70. The standard InChI is InChI=1S/C16H22FN3O/c1-10(2)15(11(3)18-4)16-19-14(20-21-16)9-12-6-5-7-13(17)8-12/h5-8,10-11,15,18H,9H2,1-4H3. The van der Waals surface area contributed by atoms with Crippen LogP contribution in [0.15, 0.2) is 28.8 Å². The minimum Gasteiger partial charge on any atom is -0.339 e. The molecule has 2 unspecified atom stereocenters. The number of nitrogens with zero attached hydrogens (tertiary/aromatic N) is 2. The summed E-state index contributed by atoms with van der Waals surface area (Å²) in [7, 11) is 1.92. The highest BCUT2D eigenvalue weighted by Gasteiger charge is 2.27. The summed E-state index contributed by atoms with van der Waals surface area (Å²) in [6.45, 7) is 6.37. The molecule has 1 aromatic heterocycles. The molecule has 0 bridgehead atoms. The Balaban J connectivity index is 2.16. The largest absolute Gasteiger partial charge is 0.339 e. The van der Waals surface area contributed by atoms with Crippen molar-refractivity contribution in [2.45, 2.75) is 39.2 Å². The summed E-state index contributed by atoms with van der Waals surface area (Å²) in [6.07, 6.45) is 0.472.